The number of amides is 1. The highest BCUT2D eigenvalue weighted by atomic mass is 16.4. The maximum Gasteiger partial charge on any atom is 0.223 e. The van der Waals surface area contributed by atoms with Crippen LogP contribution in [0.15, 0.2) is 71.3 Å². The minimum Gasteiger partial charge on any atom is -0.441 e. The van der Waals surface area contributed by atoms with Crippen molar-refractivity contribution in [2.45, 2.75) is 19.3 Å². The van der Waals surface area contributed by atoms with Crippen LogP contribution in [0.1, 0.15) is 17.9 Å². The topological polar surface area (TPSA) is 49.6 Å². The van der Waals surface area contributed by atoms with Gasteiger partial charge in [0.25, 0.3) is 0 Å². The SMILES string of the molecule is O=C(CCc1ncc(-c2ccccc2)o1)N1CCN(CCc2ccccc2)CC1. The molecule has 150 valence electrons. The van der Waals surface area contributed by atoms with E-state index in [9.17, 15) is 4.79 Å². The molecule has 4 rings (SSSR count). The Bertz CT molecular complexity index is 900. The zero-order chi connectivity index (χ0) is 19.9. The third kappa shape index (κ3) is 5.33. The monoisotopic (exact) mass is 389 g/mol. The molecule has 0 aliphatic carbocycles. The zero-order valence-electron chi connectivity index (χ0n) is 16.7. The highest BCUT2D eigenvalue weighted by molar-refractivity contribution is 5.76. The summed E-state index contributed by atoms with van der Waals surface area (Å²) in [5.74, 6) is 1.56. The number of aryl methyl sites for hydroxylation is 1. The van der Waals surface area contributed by atoms with Gasteiger partial charge in [0.2, 0.25) is 5.91 Å². The second-order valence-electron chi connectivity index (χ2n) is 7.44. The smallest absolute Gasteiger partial charge is 0.223 e. The van der Waals surface area contributed by atoms with Crippen LogP contribution in [0.25, 0.3) is 11.3 Å². The van der Waals surface area contributed by atoms with E-state index in [0.29, 0.717) is 18.7 Å². The van der Waals surface area contributed by atoms with Gasteiger partial charge in [-0.25, -0.2) is 4.98 Å². The van der Waals surface area contributed by atoms with Gasteiger partial charge in [0.05, 0.1) is 6.20 Å². The molecule has 1 saturated heterocycles. The Morgan fingerprint density at radius 2 is 1.59 bits per heavy atom. The lowest BCUT2D eigenvalue weighted by atomic mass is 10.1. The molecule has 0 bridgehead atoms. The maximum absolute atomic E-state index is 12.6. The molecule has 0 atom stereocenters. The second-order valence-corrected chi connectivity index (χ2v) is 7.44. The van der Waals surface area contributed by atoms with Crippen LogP contribution in [0.4, 0.5) is 0 Å². The van der Waals surface area contributed by atoms with Gasteiger partial charge in [-0.05, 0) is 12.0 Å². The molecule has 29 heavy (non-hydrogen) atoms. The number of carbonyl (C=O) groups excluding carboxylic acids is 1. The quantitative estimate of drug-likeness (QED) is 0.619. The van der Waals surface area contributed by atoms with E-state index in [4.69, 9.17) is 4.42 Å². The van der Waals surface area contributed by atoms with Crippen molar-refractivity contribution in [3.63, 3.8) is 0 Å². The van der Waals surface area contributed by atoms with Gasteiger partial charge >= 0.3 is 0 Å². The highest BCUT2D eigenvalue weighted by Gasteiger charge is 2.21. The predicted octanol–water partition coefficient (Wildman–Crippen LogP) is 3.66. The molecule has 0 spiro atoms. The van der Waals surface area contributed by atoms with Crippen LogP contribution in [-0.2, 0) is 17.6 Å². The third-order valence-corrected chi connectivity index (χ3v) is 5.45. The normalized spacial score (nSPS) is 14.8. The minimum atomic E-state index is 0.187. The lowest BCUT2D eigenvalue weighted by molar-refractivity contribution is -0.133. The van der Waals surface area contributed by atoms with Crippen molar-refractivity contribution in [2.24, 2.45) is 0 Å². The molecule has 0 N–H and O–H groups in total. The Hall–Kier alpha value is -2.92. The molecule has 3 aromatic rings. The maximum atomic E-state index is 12.6. The number of benzene rings is 2. The summed E-state index contributed by atoms with van der Waals surface area (Å²) in [5, 5.41) is 0. The van der Waals surface area contributed by atoms with Gasteiger partial charge in [0, 0.05) is 51.1 Å². The number of nitrogens with zero attached hydrogens (tertiary/aromatic N) is 3. The zero-order valence-corrected chi connectivity index (χ0v) is 16.7. The molecule has 1 fully saturated rings. The number of hydrogen-bond donors (Lipinski definition) is 0. The Morgan fingerprint density at radius 1 is 0.897 bits per heavy atom. The fraction of sp³-hybridized carbons (Fsp3) is 0.333. The first-order chi connectivity index (χ1) is 14.3. The highest BCUT2D eigenvalue weighted by Crippen LogP contribution is 2.20. The fourth-order valence-corrected chi connectivity index (χ4v) is 3.69. The Morgan fingerprint density at radius 3 is 2.31 bits per heavy atom. The first-order valence-corrected chi connectivity index (χ1v) is 10.3. The predicted molar refractivity (Wildman–Crippen MR) is 113 cm³/mol. The van der Waals surface area contributed by atoms with E-state index in [-0.39, 0.29) is 5.91 Å². The van der Waals surface area contributed by atoms with Crippen LogP contribution in [0, 0.1) is 0 Å². The Labute approximate surface area is 172 Å². The van der Waals surface area contributed by atoms with E-state index < -0.39 is 0 Å². The summed E-state index contributed by atoms with van der Waals surface area (Å²) < 4.78 is 5.81. The van der Waals surface area contributed by atoms with Crippen molar-refractivity contribution >= 4 is 5.91 Å². The average molecular weight is 389 g/mol. The van der Waals surface area contributed by atoms with Crippen LogP contribution in [0.2, 0.25) is 0 Å². The van der Waals surface area contributed by atoms with Gasteiger partial charge in [0.1, 0.15) is 0 Å². The summed E-state index contributed by atoms with van der Waals surface area (Å²) in [6.45, 7) is 4.53. The minimum absolute atomic E-state index is 0.187. The van der Waals surface area contributed by atoms with Crippen LogP contribution >= 0.6 is 0 Å². The number of rotatable bonds is 7. The van der Waals surface area contributed by atoms with Crippen molar-refractivity contribution in [1.82, 2.24) is 14.8 Å². The second kappa shape index (κ2) is 9.52. The van der Waals surface area contributed by atoms with Crippen molar-refractivity contribution < 1.29 is 9.21 Å². The van der Waals surface area contributed by atoms with E-state index in [1.165, 1.54) is 5.56 Å². The van der Waals surface area contributed by atoms with Gasteiger partial charge in [-0.3, -0.25) is 9.69 Å². The molecule has 5 nitrogen and oxygen atoms in total. The van der Waals surface area contributed by atoms with E-state index in [0.717, 1.165) is 50.5 Å². The van der Waals surface area contributed by atoms with Gasteiger partial charge in [-0.2, -0.15) is 0 Å². The van der Waals surface area contributed by atoms with Crippen molar-refractivity contribution in [3.8, 4) is 11.3 Å². The molecule has 2 aromatic carbocycles. The van der Waals surface area contributed by atoms with Crippen LogP contribution in [-0.4, -0.2) is 53.4 Å². The molecule has 1 amide bonds. The summed E-state index contributed by atoms with van der Waals surface area (Å²) in [6.07, 6.45) is 3.78. The lowest BCUT2D eigenvalue weighted by Crippen LogP contribution is -2.49. The van der Waals surface area contributed by atoms with Crippen LogP contribution in [0.3, 0.4) is 0 Å². The first-order valence-electron chi connectivity index (χ1n) is 10.3. The molecular formula is C24H27N3O2. The summed E-state index contributed by atoms with van der Waals surface area (Å²) in [5.41, 5.74) is 2.37. The summed E-state index contributed by atoms with van der Waals surface area (Å²) in [4.78, 5) is 21.3. The van der Waals surface area contributed by atoms with Crippen LogP contribution in [0.5, 0.6) is 0 Å². The summed E-state index contributed by atoms with van der Waals surface area (Å²) in [6, 6.07) is 20.5. The molecule has 1 aliphatic rings. The number of hydrogen-bond acceptors (Lipinski definition) is 4. The molecule has 1 aliphatic heterocycles. The number of piperazine rings is 1. The van der Waals surface area contributed by atoms with E-state index in [2.05, 4.69) is 40.2 Å². The van der Waals surface area contributed by atoms with Crippen molar-refractivity contribution in [3.05, 3.63) is 78.3 Å². The Kier molecular flexibility index (Phi) is 6.37. The van der Waals surface area contributed by atoms with Crippen molar-refractivity contribution in [1.29, 1.82) is 0 Å². The van der Waals surface area contributed by atoms with Crippen LogP contribution < -0.4 is 0 Å². The van der Waals surface area contributed by atoms with Crippen molar-refractivity contribution in [2.75, 3.05) is 32.7 Å². The first kappa shape index (κ1) is 19.4. The molecule has 0 unspecified atom stereocenters. The molecule has 2 heterocycles. The molecule has 1 aromatic heterocycles. The molecular weight excluding hydrogens is 362 g/mol. The van der Waals surface area contributed by atoms with E-state index >= 15 is 0 Å². The fourth-order valence-electron chi connectivity index (χ4n) is 3.69. The van der Waals surface area contributed by atoms with Gasteiger partial charge < -0.3 is 9.32 Å². The largest absolute Gasteiger partial charge is 0.441 e. The van der Waals surface area contributed by atoms with E-state index in [1.807, 2.05) is 35.2 Å². The third-order valence-electron chi connectivity index (χ3n) is 5.45. The molecule has 0 radical (unpaired) electrons. The van der Waals surface area contributed by atoms with E-state index in [1.54, 1.807) is 6.20 Å². The standard InChI is InChI=1S/C24H27N3O2/c28-24(12-11-23-25-19-22(29-23)21-9-5-2-6-10-21)27-17-15-26(16-18-27)14-13-20-7-3-1-4-8-20/h1-10,19H,11-18H2. The molecule has 5 heteroatoms. The lowest BCUT2D eigenvalue weighted by Gasteiger charge is -2.34. The number of carbonyl (C=O) groups is 1. The summed E-state index contributed by atoms with van der Waals surface area (Å²) in [7, 11) is 0. The summed E-state index contributed by atoms with van der Waals surface area (Å²) >= 11 is 0. The van der Waals surface area contributed by atoms with Gasteiger partial charge in [-0.15, -0.1) is 0 Å². The van der Waals surface area contributed by atoms with Gasteiger partial charge in [-0.1, -0.05) is 60.7 Å². The Balaban J connectivity index is 1.20. The van der Waals surface area contributed by atoms with Gasteiger partial charge in [0.15, 0.2) is 11.7 Å². The average Bonchev–Trinajstić information content (AvgIpc) is 3.27. The molecule has 0 saturated carbocycles. The number of oxazole rings is 1. The number of aromatic nitrogens is 1.